The van der Waals surface area contributed by atoms with Gasteiger partial charge in [-0.05, 0) is 118 Å². The monoisotopic (exact) mass is 543 g/mol. The molecule has 1 N–H and O–H groups in total. The molecule has 4 aliphatic carbocycles. The molecule has 0 heterocycles. The first kappa shape index (κ1) is 24.5. The molecule has 3 saturated carbocycles. The van der Waals surface area contributed by atoms with Crippen molar-refractivity contribution in [2.75, 3.05) is 5.32 Å². The Bertz CT molecular complexity index is 1720. The highest BCUT2D eigenvalue weighted by atomic mass is 14.9. The van der Waals surface area contributed by atoms with Crippen LogP contribution >= 0.6 is 0 Å². The zero-order valence-corrected chi connectivity index (χ0v) is 24.3. The van der Waals surface area contributed by atoms with Crippen molar-refractivity contribution in [2.24, 2.45) is 23.7 Å². The number of benzene rings is 5. The van der Waals surface area contributed by atoms with Crippen molar-refractivity contribution in [3.8, 4) is 11.1 Å². The smallest absolute Gasteiger partial charge is 0.0713 e. The molecule has 42 heavy (non-hydrogen) atoms. The third kappa shape index (κ3) is 3.37. The number of anilines is 2. The quantitative estimate of drug-likeness (QED) is 0.228. The van der Waals surface area contributed by atoms with E-state index >= 15 is 0 Å². The molecule has 1 nitrogen and oxygen atoms in total. The minimum atomic E-state index is -0.343. The topological polar surface area (TPSA) is 12.0 Å². The van der Waals surface area contributed by atoms with Crippen LogP contribution in [0.15, 0.2) is 127 Å². The molecule has 2 atom stereocenters. The van der Waals surface area contributed by atoms with E-state index in [0.29, 0.717) is 5.41 Å². The number of hydrogen-bond acceptors (Lipinski definition) is 1. The van der Waals surface area contributed by atoms with E-state index in [4.69, 9.17) is 0 Å². The van der Waals surface area contributed by atoms with E-state index in [-0.39, 0.29) is 5.41 Å². The summed E-state index contributed by atoms with van der Waals surface area (Å²) in [5.74, 6) is 4.14. The van der Waals surface area contributed by atoms with E-state index in [9.17, 15) is 0 Å². The summed E-state index contributed by atoms with van der Waals surface area (Å²) in [5, 5.41) is 3.70. The summed E-state index contributed by atoms with van der Waals surface area (Å²) < 4.78 is 0. The Morgan fingerprint density at radius 3 is 1.52 bits per heavy atom. The van der Waals surface area contributed by atoms with Crippen molar-refractivity contribution in [3.63, 3.8) is 0 Å². The van der Waals surface area contributed by atoms with E-state index in [2.05, 4.69) is 140 Å². The van der Waals surface area contributed by atoms with Gasteiger partial charge in [0.1, 0.15) is 0 Å². The van der Waals surface area contributed by atoms with E-state index in [1.54, 1.807) is 0 Å². The van der Waals surface area contributed by atoms with Crippen molar-refractivity contribution in [1.82, 2.24) is 0 Å². The molecule has 0 amide bonds. The van der Waals surface area contributed by atoms with Gasteiger partial charge in [-0.2, -0.15) is 0 Å². The lowest BCUT2D eigenvalue weighted by Crippen LogP contribution is -2.58. The fraction of sp³-hybridized carbons (Fsp3) is 0.268. The van der Waals surface area contributed by atoms with Crippen molar-refractivity contribution >= 4 is 11.4 Å². The van der Waals surface area contributed by atoms with Crippen LogP contribution in [0.4, 0.5) is 11.4 Å². The van der Waals surface area contributed by atoms with Gasteiger partial charge in [-0.3, -0.25) is 0 Å². The molecular weight excluding hydrogens is 506 g/mol. The lowest BCUT2D eigenvalue weighted by Gasteiger charge is -2.65. The van der Waals surface area contributed by atoms with Gasteiger partial charge >= 0.3 is 0 Å². The van der Waals surface area contributed by atoms with Gasteiger partial charge in [-0.15, -0.1) is 0 Å². The molecule has 2 unspecified atom stereocenters. The van der Waals surface area contributed by atoms with Gasteiger partial charge in [0.15, 0.2) is 0 Å². The first-order chi connectivity index (χ1) is 20.6. The summed E-state index contributed by atoms with van der Waals surface area (Å²) >= 11 is 0. The van der Waals surface area contributed by atoms with Gasteiger partial charge in [-0.25, -0.2) is 0 Å². The maximum Gasteiger partial charge on any atom is 0.0713 e. The maximum atomic E-state index is 3.70. The average Bonchev–Trinajstić information content (AvgIpc) is 3.31. The molecule has 0 saturated heterocycles. The Hall–Kier alpha value is -4.10. The molecule has 0 radical (unpaired) electrons. The Labute approximate surface area is 249 Å². The SMILES string of the molecule is CC1(c2ccc(Nc3ccc(C4(c5ccccc5)c5ccccc5-c5ccccc54)cc3)cc2)CC2CC3CC(C1)C32. The van der Waals surface area contributed by atoms with Crippen LogP contribution in [0.5, 0.6) is 0 Å². The molecule has 9 rings (SSSR count). The minimum Gasteiger partial charge on any atom is -0.356 e. The van der Waals surface area contributed by atoms with Gasteiger partial charge < -0.3 is 5.32 Å². The second kappa shape index (κ2) is 8.95. The molecule has 206 valence electrons. The lowest BCUT2D eigenvalue weighted by atomic mass is 9.39. The zero-order valence-electron chi connectivity index (χ0n) is 24.3. The van der Waals surface area contributed by atoms with Gasteiger partial charge in [-0.1, -0.05) is 110 Å². The van der Waals surface area contributed by atoms with Gasteiger partial charge in [0.25, 0.3) is 0 Å². The number of nitrogens with one attached hydrogen (secondary N) is 1. The number of rotatable bonds is 5. The Kier molecular flexibility index (Phi) is 5.22. The third-order valence-electron chi connectivity index (χ3n) is 11.6. The minimum absolute atomic E-state index is 0.343. The van der Waals surface area contributed by atoms with Crippen molar-refractivity contribution in [2.45, 2.75) is 43.4 Å². The van der Waals surface area contributed by atoms with E-state index < -0.39 is 0 Å². The van der Waals surface area contributed by atoms with Crippen molar-refractivity contribution in [1.29, 1.82) is 0 Å². The first-order valence-corrected chi connectivity index (χ1v) is 15.9. The molecule has 4 aliphatic rings. The molecule has 0 bridgehead atoms. The molecular formula is C41H37N. The Balaban J connectivity index is 1.04. The maximum absolute atomic E-state index is 3.70. The molecule has 5 aromatic rings. The fourth-order valence-corrected chi connectivity index (χ4v) is 9.82. The van der Waals surface area contributed by atoms with E-state index in [1.165, 1.54) is 64.6 Å². The Morgan fingerprint density at radius 2 is 0.976 bits per heavy atom. The van der Waals surface area contributed by atoms with Crippen LogP contribution < -0.4 is 5.32 Å². The second-order valence-corrected chi connectivity index (χ2v) is 13.8. The largest absolute Gasteiger partial charge is 0.356 e. The number of fused-ring (bicyclic) bond motifs is 3. The number of hydrogen-bond donors (Lipinski definition) is 1. The average molecular weight is 544 g/mol. The third-order valence-corrected chi connectivity index (χ3v) is 11.6. The van der Waals surface area contributed by atoms with E-state index in [1.807, 2.05) is 0 Å². The lowest BCUT2D eigenvalue weighted by molar-refractivity contribution is -0.141. The predicted octanol–water partition coefficient (Wildman–Crippen LogP) is 10.1. The van der Waals surface area contributed by atoms with Crippen LogP contribution in [0.25, 0.3) is 11.1 Å². The summed E-state index contributed by atoms with van der Waals surface area (Å²) in [6.07, 6.45) is 5.76. The van der Waals surface area contributed by atoms with Crippen LogP contribution in [0.3, 0.4) is 0 Å². The van der Waals surface area contributed by atoms with Gasteiger partial charge in [0.05, 0.1) is 5.41 Å². The molecule has 5 aromatic carbocycles. The Morgan fingerprint density at radius 1 is 0.500 bits per heavy atom. The summed E-state index contributed by atoms with van der Waals surface area (Å²) in [4.78, 5) is 0. The van der Waals surface area contributed by atoms with Crippen LogP contribution in [0.1, 0.15) is 60.4 Å². The van der Waals surface area contributed by atoms with Crippen LogP contribution in [0.2, 0.25) is 0 Å². The highest BCUT2D eigenvalue weighted by Gasteiger charge is 2.59. The van der Waals surface area contributed by atoms with Crippen LogP contribution in [-0.4, -0.2) is 0 Å². The molecule has 3 fully saturated rings. The van der Waals surface area contributed by atoms with E-state index in [0.717, 1.165) is 35.0 Å². The van der Waals surface area contributed by atoms with Crippen LogP contribution in [0, 0.1) is 23.7 Å². The van der Waals surface area contributed by atoms with Crippen LogP contribution in [-0.2, 0) is 10.8 Å². The van der Waals surface area contributed by atoms with Gasteiger partial charge in [0.2, 0.25) is 0 Å². The normalized spacial score (nSPS) is 27.5. The molecule has 0 spiro atoms. The highest BCUT2D eigenvalue weighted by molar-refractivity contribution is 5.86. The summed E-state index contributed by atoms with van der Waals surface area (Å²) in [7, 11) is 0. The predicted molar refractivity (Wildman–Crippen MR) is 173 cm³/mol. The second-order valence-electron chi connectivity index (χ2n) is 13.8. The van der Waals surface area contributed by atoms with Crippen molar-refractivity contribution < 1.29 is 0 Å². The summed E-state index contributed by atoms with van der Waals surface area (Å²) in [6.45, 7) is 2.53. The zero-order chi connectivity index (χ0) is 27.9. The standard InChI is InChI=1S/C41H37N/c1-40(25-28-23-27-24-29(26-40)39(27)28)30-15-19-33(20-16-30)42-34-21-17-32(18-22-34)41(31-9-3-2-4-10-31)37-13-7-5-11-35(37)36-12-6-8-14-38(36)41/h2-22,27-29,39,42H,23-26H2,1H3. The first-order valence-electron chi connectivity index (χ1n) is 15.9. The highest BCUT2D eigenvalue weighted by Crippen LogP contribution is 2.67. The molecule has 0 aliphatic heterocycles. The van der Waals surface area contributed by atoms with Gasteiger partial charge in [0, 0.05) is 11.4 Å². The fourth-order valence-electron chi connectivity index (χ4n) is 9.82. The summed E-state index contributed by atoms with van der Waals surface area (Å²) in [5.41, 5.74) is 11.8. The molecule has 1 heteroatoms. The van der Waals surface area contributed by atoms with Crippen molar-refractivity contribution in [3.05, 3.63) is 155 Å². The summed E-state index contributed by atoms with van der Waals surface area (Å²) in [6, 6.07) is 47.4. The molecule has 0 aromatic heterocycles.